The highest BCUT2D eigenvalue weighted by Crippen LogP contribution is 2.33. The molecular weight excluding hydrogens is 402 g/mol. The van der Waals surface area contributed by atoms with E-state index in [9.17, 15) is 5.11 Å². The molecular formula is C31H27NO. The Hall–Kier alpha value is -3.49. The van der Waals surface area contributed by atoms with Crippen molar-refractivity contribution in [1.82, 2.24) is 4.98 Å². The van der Waals surface area contributed by atoms with Crippen molar-refractivity contribution in [3.8, 4) is 0 Å². The molecule has 0 saturated carbocycles. The quantitative estimate of drug-likeness (QED) is 0.340. The van der Waals surface area contributed by atoms with Crippen LogP contribution in [-0.4, -0.2) is 10.1 Å². The van der Waals surface area contributed by atoms with Gasteiger partial charge < -0.3 is 5.11 Å². The first-order chi connectivity index (χ1) is 16.2. The van der Waals surface area contributed by atoms with Crippen LogP contribution >= 0.6 is 0 Å². The molecule has 2 heteroatoms. The van der Waals surface area contributed by atoms with Gasteiger partial charge in [0.15, 0.2) is 0 Å². The van der Waals surface area contributed by atoms with E-state index in [1.54, 1.807) is 0 Å². The van der Waals surface area contributed by atoms with E-state index in [0.717, 1.165) is 53.2 Å². The van der Waals surface area contributed by atoms with Crippen LogP contribution in [0, 0.1) is 6.92 Å². The number of pyridine rings is 1. The molecule has 0 spiro atoms. The molecule has 0 unspecified atom stereocenters. The van der Waals surface area contributed by atoms with E-state index < -0.39 is 6.10 Å². The van der Waals surface area contributed by atoms with Gasteiger partial charge in [0.25, 0.3) is 0 Å². The Morgan fingerprint density at radius 1 is 0.727 bits per heavy atom. The molecule has 1 atom stereocenters. The molecule has 2 nitrogen and oxygen atoms in total. The van der Waals surface area contributed by atoms with E-state index in [1.807, 2.05) is 24.3 Å². The van der Waals surface area contributed by atoms with Crippen molar-refractivity contribution in [3.63, 3.8) is 0 Å². The van der Waals surface area contributed by atoms with Gasteiger partial charge in [-0.2, -0.15) is 0 Å². The van der Waals surface area contributed by atoms with Crippen molar-refractivity contribution in [2.75, 3.05) is 0 Å². The predicted octanol–water partition coefficient (Wildman–Crippen LogP) is 6.66. The van der Waals surface area contributed by atoms with Crippen molar-refractivity contribution in [3.05, 3.63) is 124 Å². The van der Waals surface area contributed by atoms with E-state index in [-0.39, 0.29) is 0 Å². The van der Waals surface area contributed by atoms with Crippen LogP contribution in [-0.2, 0) is 25.7 Å². The standard InChI is InChI=1S/C31H27NO/c1-20-19-28(31(33)27-8-4-6-23-5-2-3-7-26(23)27)32-30-25-16-14-22-11-9-21(10-12-22)13-15-24(17-18-25)29(20)30/h2-12,17-19,31,33H,13-16H2,1H3/t31-/m0/s1. The molecule has 0 radical (unpaired) electrons. The lowest BCUT2D eigenvalue weighted by Crippen LogP contribution is -2.07. The molecule has 0 saturated heterocycles. The number of hydrogen-bond acceptors (Lipinski definition) is 2. The second-order valence-corrected chi connectivity index (χ2v) is 9.26. The monoisotopic (exact) mass is 429 g/mol. The van der Waals surface area contributed by atoms with E-state index in [1.165, 1.54) is 33.2 Å². The Bertz CT molecular complexity index is 1480. The number of fused-ring (bicyclic) bond motifs is 1. The maximum absolute atomic E-state index is 11.5. The summed E-state index contributed by atoms with van der Waals surface area (Å²) in [5.74, 6) is 0. The van der Waals surface area contributed by atoms with Crippen LogP contribution in [0.3, 0.4) is 0 Å². The maximum atomic E-state index is 11.5. The lowest BCUT2D eigenvalue weighted by Gasteiger charge is -2.19. The van der Waals surface area contributed by atoms with Crippen LogP contribution in [0.4, 0.5) is 0 Å². The number of benzene rings is 4. The molecule has 4 aliphatic carbocycles. The summed E-state index contributed by atoms with van der Waals surface area (Å²) in [6.07, 6.45) is 3.18. The molecule has 33 heavy (non-hydrogen) atoms. The fourth-order valence-electron chi connectivity index (χ4n) is 5.33. The average Bonchev–Trinajstić information content (AvgIpc) is 2.84. The Labute approximate surface area is 194 Å². The van der Waals surface area contributed by atoms with E-state index >= 15 is 0 Å². The Morgan fingerprint density at radius 2 is 1.39 bits per heavy atom. The number of aromatic nitrogens is 1. The van der Waals surface area contributed by atoms with E-state index in [4.69, 9.17) is 4.98 Å². The second-order valence-electron chi connectivity index (χ2n) is 9.26. The third kappa shape index (κ3) is 3.61. The van der Waals surface area contributed by atoms with Gasteiger partial charge in [0.05, 0.1) is 11.2 Å². The molecule has 0 amide bonds. The van der Waals surface area contributed by atoms with Gasteiger partial charge in [-0.05, 0) is 82.8 Å². The summed E-state index contributed by atoms with van der Waals surface area (Å²) in [4.78, 5) is 5.12. The zero-order valence-electron chi connectivity index (χ0n) is 18.9. The van der Waals surface area contributed by atoms with Crippen LogP contribution in [0.1, 0.15) is 45.2 Å². The van der Waals surface area contributed by atoms with Gasteiger partial charge in [-0.25, -0.2) is 4.98 Å². The molecule has 1 N–H and O–H groups in total. The highest BCUT2D eigenvalue weighted by Gasteiger charge is 2.19. The number of aliphatic hydroxyl groups is 1. The van der Waals surface area contributed by atoms with E-state index in [2.05, 4.69) is 67.6 Å². The smallest absolute Gasteiger partial charge is 0.122 e. The highest BCUT2D eigenvalue weighted by molar-refractivity contribution is 5.89. The minimum Gasteiger partial charge on any atom is -0.382 e. The molecule has 4 aromatic carbocycles. The largest absolute Gasteiger partial charge is 0.382 e. The Kier molecular flexibility index (Phi) is 4.96. The first-order valence-electron chi connectivity index (χ1n) is 11.8. The molecule has 9 rings (SSSR count). The van der Waals surface area contributed by atoms with Crippen LogP contribution in [0.5, 0.6) is 0 Å². The number of hydrogen-bond donors (Lipinski definition) is 1. The first kappa shape index (κ1) is 20.1. The number of aliphatic hydroxyl groups excluding tert-OH is 1. The van der Waals surface area contributed by atoms with Crippen LogP contribution < -0.4 is 0 Å². The average molecular weight is 430 g/mol. The topological polar surface area (TPSA) is 33.1 Å². The number of rotatable bonds is 2. The summed E-state index contributed by atoms with van der Waals surface area (Å²) in [6, 6.07) is 30.1. The summed E-state index contributed by atoms with van der Waals surface area (Å²) in [6.45, 7) is 2.16. The van der Waals surface area contributed by atoms with Gasteiger partial charge >= 0.3 is 0 Å². The van der Waals surface area contributed by atoms with Crippen LogP contribution in [0.25, 0.3) is 21.7 Å². The van der Waals surface area contributed by atoms with Crippen molar-refractivity contribution in [1.29, 1.82) is 0 Å². The molecule has 162 valence electrons. The first-order valence-corrected chi connectivity index (χ1v) is 11.8. The predicted molar refractivity (Wildman–Crippen MR) is 136 cm³/mol. The fraction of sp³-hybridized carbons (Fsp3) is 0.194. The van der Waals surface area contributed by atoms with Gasteiger partial charge in [-0.15, -0.1) is 0 Å². The van der Waals surface area contributed by atoms with Crippen molar-refractivity contribution >= 4 is 21.7 Å². The van der Waals surface area contributed by atoms with Gasteiger partial charge in [0.1, 0.15) is 6.10 Å². The van der Waals surface area contributed by atoms with Crippen LogP contribution in [0.15, 0.2) is 84.9 Å². The summed E-state index contributed by atoms with van der Waals surface area (Å²) in [5.41, 5.74) is 9.22. The summed E-state index contributed by atoms with van der Waals surface area (Å²) >= 11 is 0. The third-order valence-corrected chi connectivity index (χ3v) is 7.13. The molecule has 5 aromatic rings. The third-order valence-electron chi connectivity index (χ3n) is 7.13. The van der Waals surface area contributed by atoms with Crippen molar-refractivity contribution < 1.29 is 5.11 Å². The molecule has 4 aliphatic rings. The minimum atomic E-state index is -0.763. The number of nitrogens with zero attached hydrogens (tertiary/aromatic N) is 1. The molecule has 1 aromatic heterocycles. The zero-order valence-corrected chi connectivity index (χ0v) is 18.9. The number of aryl methyl sites for hydroxylation is 5. The van der Waals surface area contributed by atoms with Crippen LogP contribution in [0.2, 0.25) is 0 Å². The van der Waals surface area contributed by atoms with Gasteiger partial charge in [0.2, 0.25) is 0 Å². The van der Waals surface area contributed by atoms with Gasteiger partial charge in [-0.3, -0.25) is 0 Å². The highest BCUT2D eigenvalue weighted by atomic mass is 16.3. The summed E-state index contributed by atoms with van der Waals surface area (Å²) < 4.78 is 0. The second kappa shape index (κ2) is 8.13. The Balaban J connectivity index is 1.51. The zero-order chi connectivity index (χ0) is 22.4. The molecule has 0 aliphatic heterocycles. The normalized spacial score (nSPS) is 14.4. The Morgan fingerprint density at radius 3 is 2.18 bits per heavy atom. The summed E-state index contributed by atoms with van der Waals surface area (Å²) in [5, 5.41) is 14.9. The summed E-state index contributed by atoms with van der Waals surface area (Å²) in [7, 11) is 0. The van der Waals surface area contributed by atoms with E-state index in [0.29, 0.717) is 0 Å². The maximum Gasteiger partial charge on any atom is 0.122 e. The van der Waals surface area contributed by atoms with Crippen molar-refractivity contribution in [2.45, 2.75) is 38.7 Å². The lowest BCUT2D eigenvalue weighted by molar-refractivity contribution is 0.217. The fourth-order valence-corrected chi connectivity index (χ4v) is 5.33. The minimum absolute atomic E-state index is 0.727. The van der Waals surface area contributed by atoms with Gasteiger partial charge in [-0.1, -0.05) is 78.9 Å². The molecule has 0 fully saturated rings. The SMILES string of the molecule is Cc1cc([C@@H](O)c2cccc3ccccc23)nc2c3ccc(c12)CCc1ccc(cc1)CC3. The van der Waals surface area contributed by atoms with Crippen molar-refractivity contribution in [2.24, 2.45) is 0 Å². The van der Waals surface area contributed by atoms with Gasteiger partial charge in [0, 0.05) is 5.39 Å². The molecule has 1 heterocycles. The lowest BCUT2D eigenvalue weighted by atomic mass is 9.90. The molecule has 4 bridgehead atoms.